The van der Waals surface area contributed by atoms with Gasteiger partial charge in [0.15, 0.2) is 0 Å². The van der Waals surface area contributed by atoms with Crippen LogP contribution in [0.1, 0.15) is 32.6 Å². The van der Waals surface area contributed by atoms with Gasteiger partial charge in [-0.2, -0.15) is 0 Å². The van der Waals surface area contributed by atoms with E-state index in [0.29, 0.717) is 17.1 Å². The second-order valence-corrected chi connectivity index (χ2v) is 6.96. The lowest BCUT2D eigenvalue weighted by atomic mass is 9.93. The van der Waals surface area contributed by atoms with E-state index >= 15 is 0 Å². The van der Waals surface area contributed by atoms with Gasteiger partial charge < -0.3 is 20.3 Å². The minimum atomic E-state index is -1.15. The molecule has 2 aromatic carbocycles. The fourth-order valence-corrected chi connectivity index (χ4v) is 3.37. The molecule has 1 heterocycles. The Morgan fingerprint density at radius 2 is 1.69 bits per heavy atom. The third-order valence-electron chi connectivity index (χ3n) is 5.17. The average molecular weight is 392 g/mol. The number of carbonyl (C=O) groups is 1. The van der Waals surface area contributed by atoms with E-state index in [1.54, 1.807) is 7.11 Å². The molecular weight excluding hydrogens is 368 g/mol. The number of rotatable bonds is 5. The average Bonchev–Trinajstić information content (AvgIpc) is 2.67. The van der Waals surface area contributed by atoms with E-state index in [1.807, 2.05) is 58.0 Å². The van der Waals surface area contributed by atoms with Gasteiger partial charge in [0, 0.05) is 6.20 Å². The van der Waals surface area contributed by atoms with Crippen molar-refractivity contribution >= 4 is 11.7 Å². The Morgan fingerprint density at radius 3 is 2.34 bits per heavy atom. The van der Waals surface area contributed by atoms with E-state index in [2.05, 4.69) is 4.98 Å². The standard InChI is InChI=1S/C23H24N2O4/c1-12-7-6-8-18(14(12)3)29-22-20(21(24)16(11-25-22)23(26)27)19-13(2)9-10-17(28-5)15(19)4/h6-11H,1-5H3,(H2,24,25)(H,26,27). The Balaban J connectivity index is 2.31. The number of hydrogen-bond donors (Lipinski definition) is 2. The number of nitrogens with two attached hydrogens (primary N) is 1. The first kappa shape index (κ1) is 20.2. The Labute approximate surface area is 169 Å². The number of pyridine rings is 1. The molecule has 3 N–H and O–H groups in total. The van der Waals surface area contributed by atoms with Gasteiger partial charge in [-0.25, -0.2) is 9.78 Å². The second kappa shape index (κ2) is 7.83. The Kier molecular flexibility index (Phi) is 5.46. The lowest BCUT2D eigenvalue weighted by Gasteiger charge is -2.20. The molecule has 0 aliphatic rings. The van der Waals surface area contributed by atoms with Crippen molar-refractivity contribution in [3.05, 3.63) is 64.3 Å². The number of nitrogens with zero attached hydrogens (tertiary/aromatic N) is 1. The van der Waals surface area contributed by atoms with Crippen molar-refractivity contribution in [1.82, 2.24) is 4.98 Å². The van der Waals surface area contributed by atoms with Crippen LogP contribution in [0.15, 0.2) is 36.5 Å². The Morgan fingerprint density at radius 1 is 0.966 bits per heavy atom. The highest BCUT2D eigenvalue weighted by Crippen LogP contribution is 2.43. The molecule has 6 heteroatoms. The van der Waals surface area contributed by atoms with Crippen molar-refractivity contribution in [3.63, 3.8) is 0 Å². The van der Waals surface area contributed by atoms with Crippen molar-refractivity contribution in [2.45, 2.75) is 27.7 Å². The predicted molar refractivity (Wildman–Crippen MR) is 113 cm³/mol. The third kappa shape index (κ3) is 3.61. The van der Waals surface area contributed by atoms with Gasteiger partial charge >= 0.3 is 5.97 Å². The van der Waals surface area contributed by atoms with Crippen LogP contribution in [0.5, 0.6) is 17.4 Å². The Bertz CT molecular complexity index is 1110. The minimum Gasteiger partial charge on any atom is -0.496 e. The third-order valence-corrected chi connectivity index (χ3v) is 5.17. The summed E-state index contributed by atoms with van der Waals surface area (Å²) in [6.45, 7) is 7.78. The van der Waals surface area contributed by atoms with E-state index in [1.165, 1.54) is 6.20 Å². The fourth-order valence-electron chi connectivity index (χ4n) is 3.37. The molecule has 0 unspecified atom stereocenters. The number of hydrogen-bond acceptors (Lipinski definition) is 5. The minimum absolute atomic E-state index is 0.0741. The molecule has 3 rings (SSSR count). The molecule has 29 heavy (non-hydrogen) atoms. The van der Waals surface area contributed by atoms with Crippen LogP contribution >= 0.6 is 0 Å². The summed E-state index contributed by atoms with van der Waals surface area (Å²) in [5, 5.41) is 9.55. The molecule has 0 saturated carbocycles. The van der Waals surface area contributed by atoms with Gasteiger partial charge in [0.1, 0.15) is 17.1 Å². The highest BCUT2D eigenvalue weighted by molar-refractivity contribution is 6.00. The summed E-state index contributed by atoms with van der Waals surface area (Å²) < 4.78 is 11.6. The molecular formula is C23H24N2O4. The first-order valence-corrected chi connectivity index (χ1v) is 9.16. The molecule has 0 radical (unpaired) electrons. The fraction of sp³-hybridized carbons (Fsp3) is 0.217. The van der Waals surface area contributed by atoms with Gasteiger partial charge in [-0.05, 0) is 67.6 Å². The molecule has 0 amide bonds. The predicted octanol–water partition coefficient (Wildman–Crippen LogP) is 5.06. The van der Waals surface area contributed by atoms with Crippen molar-refractivity contribution in [2.75, 3.05) is 12.8 Å². The zero-order valence-electron chi connectivity index (χ0n) is 17.2. The summed E-state index contributed by atoms with van der Waals surface area (Å²) in [6, 6.07) is 9.50. The number of methoxy groups -OCH3 is 1. The molecule has 1 aromatic heterocycles. The number of aromatic nitrogens is 1. The van der Waals surface area contributed by atoms with Gasteiger partial charge in [-0.1, -0.05) is 18.2 Å². The van der Waals surface area contributed by atoms with Crippen molar-refractivity contribution in [3.8, 4) is 28.5 Å². The number of carboxylic acid groups (broad SMARTS) is 1. The van der Waals surface area contributed by atoms with Crippen molar-refractivity contribution in [1.29, 1.82) is 0 Å². The highest BCUT2D eigenvalue weighted by Gasteiger charge is 2.24. The van der Waals surface area contributed by atoms with E-state index in [9.17, 15) is 9.90 Å². The largest absolute Gasteiger partial charge is 0.496 e. The first-order chi connectivity index (χ1) is 13.8. The van der Waals surface area contributed by atoms with Crippen LogP contribution in [0, 0.1) is 27.7 Å². The molecule has 0 atom stereocenters. The zero-order chi connectivity index (χ0) is 21.3. The molecule has 3 aromatic rings. The molecule has 0 aliphatic heterocycles. The number of aromatic carboxylic acids is 1. The van der Waals surface area contributed by atoms with Gasteiger partial charge in [0.2, 0.25) is 5.88 Å². The summed E-state index contributed by atoms with van der Waals surface area (Å²) in [5.41, 5.74) is 11.3. The topological polar surface area (TPSA) is 94.7 Å². The monoisotopic (exact) mass is 392 g/mol. The van der Waals surface area contributed by atoms with Crippen LogP contribution < -0.4 is 15.2 Å². The van der Waals surface area contributed by atoms with Gasteiger partial charge in [0.25, 0.3) is 0 Å². The highest BCUT2D eigenvalue weighted by atomic mass is 16.5. The lowest BCUT2D eigenvalue weighted by Crippen LogP contribution is -2.08. The van der Waals surface area contributed by atoms with E-state index in [-0.39, 0.29) is 17.1 Å². The second-order valence-electron chi connectivity index (χ2n) is 6.96. The number of benzene rings is 2. The number of nitrogen functional groups attached to an aromatic ring is 1. The summed E-state index contributed by atoms with van der Waals surface area (Å²) in [6.07, 6.45) is 1.23. The van der Waals surface area contributed by atoms with Gasteiger partial charge in [-0.15, -0.1) is 0 Å². The number of carboxylic acids is 1. The van der Waals surface area contributed by atoms with E-state index in [0.717, 1.165) is 27.8 Å². The summed E-state index contributed by atoms with van der Waals surface area (Å²) >= 11 is 0. The van der Waals surface area contributed by atoms with Crippen LogP contribution in [-0.2, 0) is 0 Å². The maximum Gasteiger partial charge on any atom is 0.339 e. The molecule has 0 saturated heterocycles. The molecule has 6 nitrogen and oxygen atoms in total. The van der Waals surface area contributed by atoms with Crippen LogP contribution in [0.4, 0.5) is 5.69 Å². The summed E-state index contributed by atoms with van der Waals surface area (Å²) in [7, 11) is 1.59. The molecule has 0 aliphatic carbocycles. The molecule has 0 spiro atoms. The van der Waals surface area contributed by atoms with Gasteiger partial charge in [-0.3, -0.25) is 0 Å². The quantitative estimate of drug-likeness (QED) is 0.630. The van der Waals surface area contributed by atoms with Crippen LogP contribution in [0.3, 0.4) is 0 Å². The van der Waals surface area contributed by atoms with Crippen LogP contribution in [0.25, 0.3) is 11.1 Å². The van der Waals surface area contributed by atoms with Gasteiger partial charge in [0.05, 0.1) is 18.4 Å². The van der Waals surface area contributed by atoms with Crippen molar-refractivity contribution < 1.29 is 19.4 Å². The molecule has 150 valence electrons. The van der Waals surface area contributed by atoms with Crippen molar-refractivity contribution in [2.24, 2.45) is 0 Å². The van der Waals surface area contributed by atoms with Crippen LogP contribution in [-0.4, -0.2) is 23.2 Å². The lowest BCUT2D eigenvalue weighted by molar-refractivity contribution is 0.0697. The zero-order valence-corrected chi connectivity index (χ0v) is 17.2. The van der Waals surface area contributed by atoms with Crippen LogP contribution in [0.2, 0.25) is 0 Å². The number of anilines is 1. The Hall–Kier alpha value is -3.54. The maximum absolute atomic E-state index is 11.7. The normalized spacial score (nSPS) is 10.7. The maximum atomic E-state index is 11.7. The van der Waals surface area contributed by atoms with E-state index in [4.69, 9.17) is 15.2 Å². The first-order valence-electron chi connectivity index (χ1n) is 9.16. The summed E-state index contributed by atoms with van der Waals surface area (Å²) in [5.74, 6) is 0.413. The number of ether oxygens (including phenoxy) is 2. The molecule has 0 fully saturated rings. The number of aryl methyl sites for hydroxylation is 2. The smallest absolute Gasteiger partial charge is 0.339 e. The summed E-state index contributed by atoms with van der Waals surface area (Å²) in [4.78, 5) is 16.0. The van der Waals surface area contributed by atoms with E-state index < -0.39 is 5.97 Å². The molecule has 0 bridgehead atoms. The SMILES string of the molecule is COc1ccc(C)c(-c2c(Oc3cccc(C)c3C)ncc(C(=O)O)c2N)c1C.